The van der Waals surface area contributed by atoms with Crippen LogP contribution in [-0.4, -0.2) is 16.8 Å². The second-order valence-corrected chi connectivity index (χ2v) is 2.18. The van der Waals surface area contributed by atoms with Crippen molar-refractivity contribution in [2.24, 2.45) is 0 Å². The number of nitrogens with one attached hydrogen (secondary N) is 1. The van der Waals surface area contributed by atoms with Gasteiger partial charge in [0, 0.05) is 17.7 Å². The van der Waals surface area contributed by atoms with Crippen molar-refractivity contribution < 1.29 is 4.74 Å². The van der Waals surface area contributed by atoms with Crippen molar-refractivity contribution in [3.05, 3.63) is 17.5 Å². The summed E-state index contributed by atoms with van der Waals surface area (Å²) in [5.41, 5.74) is 2.45. The number of hydrogen-bond acceptors (Lipinski definition) is 2. The standard InChI is InChI=1S/C6H8N2O.C2H6/c1-2-9-4-5-3-7-8-6(1)5;1-2/h3H,1-2,4H2,(H,7,8);1-2H3. The maximum atomic E-state index is 5.19. The summed E-state index contributed by atoms with van der Waals surface area (Å²) in [4.78, 5) is 0. The van der Waals surface area contributed by atoms with Gasteiger partial charge in [0.15, 0.2) is 0 Å². The van der Waals surface area contributed by atoms with E-state index in [4.69, 9.17) is 4.74 Å². The molecule has 0 spiro atoms. The quantitative estimate of drug-likeness (QED) is 0.615. The van der Waals surface area contributed by atoms with Crippen LogP contribution >= 0.6 is 0 Å². The zero-order valence-corrected chi connectivity index (χ0v) is 7.05. The van der Waals surface area contributed by atoms with E-state index in [0.29, 0.717) is 0 Å². The molecule has 1 aliphatic heterocycles. The van der Waals surface area contributed by atoms with Gasteiger partial charge in [-0.05, 0) is 0 Å². The van der Waals surface area contributed by atoms with E-state index >= 15 is 0 Å². The van der Waals surface area contributed by atoms with Crippen molar-refractivity contribution in [1.82, 2.24) is 10.2 Å². The Morgan fingerprint density at radius 3 is 3.09 bits per heavy atom. The summed E-state index contributed by atoms with van der Waals surface area (Å²) in [5, 5.41) is 6.83. The van der Waals surface area contributed by atoms with Gasteiger partial charge in [-0.1, -0.05) is 13.8 Å². The number of hydrogen-bond donors (Lipinski definition) is 1. The summed E-state index contributed by atoms with van der Waals surface area (Å²) in [5.74, 6) is 0. The highest BCUT2D eigenvalue weighted by atomic mass is 16.5. The van der Waals surface area contributed by atoms with Crippen LogP contribution in [0.5, 0.6) is 0 Å². The first-order chi connectivity index (χ1) is 5.47. The maximum Gasteiger partial charge on any atom is 0.0750 e. The number of ether oxygens (including phenoxy) is 1. The lowest BCUT2D eigenvalue weighted by Crippen LogP contribution is -2.07. The maximum absolute atomic E-state index is 5.19. The highest BCUT2D eigenvalue weighted by Crippen LogP contribution is 2.11. The zero-order chi connectivity index (χ0) is 8.10. The van der Waals surface area contributed by atoms with Crippen LogP contribution in [0.15, 0.2) is 6.20 Å². The Morgan fingerprint density at radius 1 is 1.55 bits per heavy atom. The number of nitrogens with zero attached hydrogens (tertiary/aromatic N) is 1. The topological polar surface area (TPSA) is 37.9 Å². The van der Waals surface area contributed by atoms with Crippen LogP contribution in [0.1, 0.15) is 25.1 Å². The molecule has 1 aromatic rings. The van der Waals surface area contributed by atoms with Crippen LogP contribution < -0.4 is 0 Å². The summed E-state index contributed by atoms with van der Waals surface area (Å²) in [6.07, 6.45) is 2.81. The largest absolute Gasteiger partial charge is 0.376 e. The minimum atomic E-state index is 0.728. The summed E-state index contributed by atoms with van der Waals surface area (Å²) < 4.78 is 5.19. The Labute approximate surface area is 66.8 Å². The normalized spacial score (nSPS) is 14.7. The van der Waals surface area contributed by atoms with Gasteiger partial charge < -0.3 is 4.74 Å². The Hall–Kier alpha value is -0.830. The van der Waals surface area contributed by atoms with Crippen molar-refractivity contribution in [3.8, 4) is 0 Å². The van der Waals surface area contributed by atoms with Gasteiger partial charge in [-0.25, -0.2) is 0 Å². The molecule has 2 rings (SSSR count). The lowest BCUT2D eigenvalue weighted by molar-refractivity contribution is 0.110. The Kier molecular flexibility index (Phi) is 3.11. The molecule has 0 fully saturated rings. The zero-order valence-electron chi connectivity index (χ0n) is 7.05. The van der Waals surface area contributed by atoms with Crippen LogP contribution in [0.2, 0.25) is 0 Å². The number of aromatic nitrogens is 2. The van der Waals surface area contributed by atoms with Crippen LogP contribution in [0.4, 0.5) is 0 Å². The van der Waals surface area contributed by atoms with Gasteiger partial charge in [-0.15, -0.1) is 0 Å². The lowest BCUT2D eigenvalue weighted by Gasteiger charge is -2.09. The van der Waals surface area contributed by atoms with E-state index in [-0.39, 0.29) is 0 Å². The highest BCUT2D eigenvalue weighted by Gasteiger charge is 2.09. The monoisotopic (exact) mass is 154 g/mol. The molecule has 1 aromatic heterocycles. The second kappa shape index (κ2) is 4.13. The van der Waals surface area contributed by atoms with Gasteiger partial charge in [0.1, 0.15) is 0 Å². The van der Waals surface area contributed by atoms with Gasteiger partial charge in [0.2, 0.25) is 0 Å². The van der Waals surface area contributed by atoms with Gasteiger partial charge in [-0.3, -0.25) is 5.10 Å². The van der Waals surface area contributed by atoms with E-state index in [1.54, 1.807) is 0 Å². The molecule has 3 nitrogen and oxygen atoms in total. The first-order valence-electron chi connectivity index (χ1n) is 4.05. The van der Waals surface area contributed by atoms with Gasteiger partial charge in [0.25, 0.3) is 0 Å². The van der Waals surface area contributed by atoms with Crippen molar-refractivity contribution in [2.75, 3.05) is 6.61 Å². The minimum absolute atomic E-state index is 0.728. The fourth-order valence-electron chi connectivity index (χ4n) is 1.04. The van der Waals surface area contributed by atoms with Crippen LogP contribution in [0.3, 0.4) is 0 Å². The molecule has 0 atom stereocenters. The molecule has 0 unspecified atom stereocenters. The molecular formula is C8H14N2O. The molecule has 0 bridgehead atoms. The molecule has 0 amide bonds. The van der Waals surface area contributed by atoms with E-state index in [0.717, 1.165) is 19.6 Å². The van der Waals surface area contributed by atoms with Crippen LogP contribution in [0, 0.1) is 0 Å². The summed E-state index contributed by atoms with van der Waals surface area (Å²) in [6, 6.07) is 0. The van der Waals surface area contributed by atoms with Crippen LogP contribution in [-0.2, 0) is 17.8 Å². The van der Waals surface area contributed by atoms with E-state index in [9.17, 15) is 0 Å². The smallest absolute Gasteiger partial charge is 0.0750 e. The fraction of sp³-hybridized carbons (Fsp3) is 0.625. The van der Waals surface area contributed by atoms with E-state index in [1.807, 2.05) is 20.0 Å². The Balaban J connectivity index is 0.000000281. The average molecular weight is 154 g/mol. The van der Waals surface area contributed by atoms with Gasteiger partial charge >= 0.3 is 0 Å². The molecule has 1 aliphatic rings. The van der Waals surface area contributed by atoms with Crippen molar-refractivity contribution >= 4 is 0 Å². The Bertz CT molecular complexity index is 187. The number of rotatable bonds is 0. The SMILES string of the molecule is CC.c1n[nH]c2c1COCC2. The minimum Gasteiger partial charge on any atom is -0.376 e. The molecule has 11 heavy (non-hydrogen) atoms. The Morgan fingerprint density at radius 2 is 2.36 bits per heavy atom. The average Bonchev–Trinajstić information content (AvgIpc) is 2.55. The molecule has 3 heteroatoms. The summed E-state index contributed by atoms with van der Waals surface area (Å²) in [7, 11) is 0. The third-order valence-electron chi connectivity index (χ3n) is 1.56. The molecule has 2 heterocycles. The highest BCUT2D eigenvalue weighted by molar-refractivity contribution is 5.16. The first kappa shape index (κ1) is 8.27. The van der Waals surface area contributed by atoms with Crippen molar-refractivity contribution in [1.29, 1.82) is 0 Å². The number of fused-ring (bicyclic) bond motifs is 1. The summed E-state index contributed by atoms with van der Waals surface area (Å²) in [6.45, 7) is 5.56. The molecular weight excluding hydrogens is 140 g/mol. The predicted octanol–water partition coefficient (Wildman–Crippen LogP) is 1.51. The molecule has 0 aromatic carbocycles. The van der Waals surface area contributed by atoms with Crippen LogP contribution in [0.25, 0.3) is 0 Å². The summed E-state index contributed by atoms with van der Waals surface area (Å²) >= 11 is 0. The predicted molar refractivity (Wildman–Crippen MR) is 43.3 cm³/mol. The third-order valence-corrected chi connectivity index (χ3v) is 1.56. The molecule has 1 N–H and O–H groups in total. The molecule has 0 saturated carbocycles. The molecule has 0 saturated heterocycles. The lowest BCUT2D eigenvalue weighted by atomic mass is 10.2. The third kappa shape index (κ3) is 1.80. The van der Waals surface area contributed by atoms with Crippen molar-refractivity contribution in [2.45, 2.75) is 26.9 Å². The number of aromatic amines is 1. The van der Waals surface area contributed by atoms with E-state index < -0.39 is 0 Å². The number of H-pyrrole nitrogens is 1. The first-order valence-corrected chi connectivity index (χ1v) is 4.05. The van der Waals surface area contributed by atoms with Crippen molar-refractivity contribution in [3.63, 3.8) is 0 Å². The van der Waals surface area contributed by atoms with Gasteiger partial charge in [0.05, 0.1) is 19.4 Å². The second-order valence-electron chi connectivity index (χ2n) is 2.18. The molecule has 62 valence electrons. The molecule has 0 aliphatic carbocycles. The fourth-order valence-corrected chi connectivity index (χ4v) is 1.04. The molecule has 0 radical (unpaired) electrons. The van der Waals surface area contributed by atoms with E-state index in [2.05, 4.69) is 10.2 Å². The van der Waals surface area contributed by atoms with E-state index in [1.165, 1.54) is 11.3 Å². The van der Waals surface area contributed by atoms with Gasteiger partial charge in [-0.2, -0.15) is 5.10 Å².